The number of piperazine rings is 1. The first-order chi connectivity index (χ1) is 8.78. The van der Waals surface area contributed by atoms with Crippen LogP contribution in [0.5, 0.6) is 0 Å². The second-order valence-corrected chi connectivity index (χ2v) is 8.84. The number of hydrogen-bond acceptors (Lipinski definition) is 4. The van der Waals surface area contributed by atoms with Gasteiger partial charge in [0.1, 0.15) is 0 Å². The summed E-state index contributed by atoms with van der Waals surface area (Å²) >= 11 is 0. The molecule has 0 aromatic rings. The van der Waals surface area contributed by atoms with E-state index in [1.165, 1.54) is 0 Å². The number of rotatable bonds is 3. The van der Waals surface area contributed by atoms with Crippen LogP contribution in [0.3, 0.4) is 0 Å². The van der Waals surface area contributed by atoms with Crippen LogP contribution in [-0.2, 0) is 14.8 Å². The highest BCUT2D eigenvalue weighted by Crippen LogP contribution is 2.22. The SMILES string of the molecule is CC(C)(C)CCS(=O)(=O)N1CCN2CCOCC2C1. The third-order valence-electron chi connectivity index (χ3n) is 3.90. The summed E-state index contributed by atoms with van der Waals surface area (Å²) in [5.74, 6) is 0.254. The van der Waals surface area contributed by atoms with Gasteiger partial charge in [0.25, 0.3) is 0 Å². The molecule has 2 fully saturated rings. The van der Waals surface area contributed by atoms with Crippen LogP contribution in [0.25, 0.3) is 0 Å². The van der Waals surface area contributed by atoms with E-state index < -0.39 is 10.0 Å². The molecule has 6 heteroatoms. The van der Waals surface area contributed by atoms with Crippen LogP contribution in [0.4, 0.5) is 0 Å². The number of hydrogen-bond donors (Lipinski definition) is 0. The molecular weight excluding hydrogens is 264 g/mol. The van der Waals surface area contributed by atoms with Gasteiger partial charge in [-0.3, -0.25) is 4.90 Å². The van der Waals surface area contributed by atoms with Gasteiger partial charge >= 0.3 is 0 Å². The molecule has 2 aliphatic rings. The van der Waals surface area contributed by atoms with Crippen LogP contribution in [0.2, 0.25) is 0 Å². The summed E-state index contributed by atoms with van der Waals surface area (Å²) in [6.07, 6.45) is 0.705. The summed E-state index contributed by atoms with van der Waals surface area (Å²) in [6.45, 7) is 10.7. The van der Waals surface area contributed by atoms with Crippen molar-refractivity contribution in [1.82, 2.24) is 9.21 Å². The Morgan fingerprint density at radius 2 is 1.95 bits per heavy atom. The van der Waals surface area contributed by atoms with E-state index in [0.717, 1.165) is 19.7 Å². The highest BCUT2D eigenvalue weighted by atomic mass is 32.2. The van der Waals surface area contributed by atoms with E-state index in [4.69, 9.17) is 4.74 Å². The molecule has 0 bridgehead atoms. The lowest BCUT2D eigenvalue weighted by atomic mass is 9.94. The third-order valence-corrected chi connectivity index (χ3v) is 5.74. The molecule has 2 aliphatic heterocycles. The molecule has 1 atom stereocenters. The topological polar surface area (TPSA) is 49.9 Å². The number of fused-ring (bicyclic) bond motifs is 1. The summed E-state index contributed by atoms with van der Waals surface area (Å²) in [6, 6.07) is 0.243. The second kappa shape index (κ2) is 5.68. The van der Waals surface area contributed by atoms with Gasteiger partial charge in [0.15, 0.2) is 0 Å². The predicted molar refractivity (Wildman–Crippen MR) is 75.6 cm³/mol. The van der Waals surface area contributed by atoms with Crippen LogP contribution in [0, 0.1) is 5.41 Å². The molecule has 2 heterocycles. The van der Waals surface area contributed by atoms with E-state index in [0.29, 0.717) is 26.1 Å². The molecule has 112 valence electrons. The van der Waals surface area contributed by atoms with Gasteiger partial charge < -0.3 is 4.74 Å². The van der Waals surface area contributed by atoms with E-state index in [1.807, 2.05) is 0 Å². The number of morpholine rings is 1. The van der Waals surface area contributed by atoms with Gasteiger partial charge in [0, 0.05) is 32.2 Å². The molecule has 0 aliphatic carbocycles. The third kappa shape index (κ3) is 4.15. The molecular formula is C13H26N2O3S. The van der Waals surface area contributed by atoms with E-state index in [-0.39, 0.29) is 17.2 Å². The van der Waals surface area contributed by atoms with Gasteiger partial charge in [-0.25, -0.2) is 8.42 Å². The van der Waals surface area contributed by atoms with Gasteiger partial charge in [-0.15, -0.1) is 0 Å². The minimum atomic E-state index is -3.12. The normalized spacial score (nSPS) is 27.2. The Morgan fingerprint density at radius 1 is 1.21 bits per heavy atom. The fourth-order valence-electron chi connectivity index (χ4n) is 2.53. The summed E-state index contributed by atoms with van der Waals surface area (Å²) in [4.78, 5) is 2.35. The first-order valence-electron chi connectivity index (χ1n) is 7.08. The molecule has 19 heavy (non-hydrogen) atoms. The maximum atomic E-state index is 12.4. The quantitative estimate of drug-likeness (QED) is 0.770. The fraction of sp³-hybridized carbons (Fsp3) is 1.00. The van der Waals surface area contributed by atoms with Crippen molar-refractivity contribution in [2.45, 2.75) is 33.2 Å². The predicted octanol–water partition coefficient (Wildman–Crippen LogP) is 0.769. The first kappa shape index (κ1) is 15.2. The highest BCUT2D eigenvalue weighted by molar-refractivity contribution is 7.89. The van der Waals surface area contributed by atoms with Crippen molar-refractivity contribution < 1.29 is 13.2 Å². The molecule has 0 radical (unpaired) electrons. The monoisotopic (exact) mass is 290 g/mol. The van der Waals surface area contributed by atoms with Crippen molar-refractivity contribution in [1.29, 1.82) is 0 Å². The summed E-state index contributed by atoms with van der Waals surface area (Å²) < 4.78 is 31.9. The van der Waals surface area contributed by atoms with Gasteiger partial charge in [-0.05, 0) is 11.8 Å². The van der Waals surface area contributed by atoms with Crippen molar-refractivity contribution in [3.05, 3.63) is 0 Å². The van der Waals surface area contributed by atoms with Gasteiger partial charge in [0.2, 0.25) is 10.0 Å². The summed E-state index contributed by atoms with van der Waals surface area (Å²) in [5.41, 5.74) is 0.0584. The maximum absolute atomic E-state index is 12.4. The maximum Gasteiger partial charge on any atom is 0.214 e. The van der Waals surface area contributed by atoms with Crippen LogP contribution < -0.4 is 0 Å². The van der Waals surface area contributed by atoms with Gasteiger partial charge in [-0.2, -0.15) is 4.31 Å². The fourth-order valence-corrected chi connectivity index (χ4v) is 4.42. The first-order valence-corrected chi connectivity index (χ1v) is 8.68. The Hall–Kier alpha value is -0.170. The molecule has 0 aromatic heterocycles. The number of nitrogens with zero attached hydrogens (tertiary/aromatic N) is 2. The molecule has 1 unspecified atom stereocenters. The van der Waals surface area contributed by atoms with E-state index >= 15 is 0 Å². The molecule has 2 saturated heterocycles. The molecule has 0 N–H and O–H groups in total. The van der Waals surface area contributed by atoms with Crippen molar-refractivity contribution in [3.8, 4) is 0 Å². The summed E-state index contributed by atoms with van der Waals surface area (Å²) in [5, 5.41) is 0. The van der Waals surface area contributed by atoms with E-state index in [1.54, 1.807) is 4.31 Å². The Morgan fingerprint density at radius 3 is 2.63 bits per heavy atom. The number of sulfonamides is 1. The molecule has 0 spiro atoms. The lowest BCUT2D eigenvalue weighted by Crippen LogP contribution is -2.59. The molecule has 5 nitrogen and oxygen atoms in total. The van der Waals surface area contributed by atoms with Crippen molar-refractivity contribution >= 4 is 10.0 Å². The van der Waals surface area contributed by atoms with E-state index in [2.05, 4.69) is 25.7 Å². The smallest absolute Gasteiger partial charge is 0.214 e. The Bertz CT molecular complexity index is 403. The largest absolute Gasteiger partial charge is 0.378 e. The summed E-state index contributed by atoms with van der Waals surface area (Å²) in [7, 11) is -3.12. The Kier molecular flexibility index (Phi) is 4.55. The van der Waals surface area contributed by atoms with Crippen molar-refractivity contribution in [2.75, 3.05) is 45.1 Å². The minimum absolute atomic E-state index is 0.0584. The average molecular weight is 290 g/mol. The highest BCUT2D eigenvalue weighted by Gasteiger charge is 2.35. The van der Waals surface area contributed by atoms with Gasteiger partial charge in [0.05, 0.1) is 19.0 Å². The second-order valence-electron chi connectivity index (χ2n) is 6.75. The minimum Gasteiger partial charge on any atom is -0.378 e. The van der Waals surface area contributed by atoms with Crippen molar-refractivity contribution in [2.24, 2.45) is 5.41 Å². The van der Waals surface area contributed by atoms with Crippen LogP contribution in [-0.4, -0.2) is 68.8 Å². The van der Waals surface area contributed by atoms with Crippen molar-refractivity contribution in [3.63, 3.8) is 0 Å². The average Bonchev–Trinajstić information content (AvgIpc) is 2.35. The van der Waals surface area contributed by atoms with Crippen LogP contribution in [0.15, 0.2) is 0 Å². The number of ether oxygens (including phenoxy) is 1. The standard InChI is InChI=1S/C13H26N2O3S/c1-13(2,3)4-9-19(16,17)15-6-5-14-7-8-18-11-12(14)10-15/h12H,4-11H2,1-3H3. The zero-order valence-electron chi connectivity index (χ0n) is 12.3. The molecule has 2 rings (SSSR count). The van der Waals surface area contributed by atoms with Gasteiger partial charge in [-0.1, -0.05) is 20.8 Å². The lowest BCUT2D eigenvalue weighted by molar-refractivity contribution is -0.0305. The Labute approximate surface area is 117 Å². The van der Waals surface area contributed by atoms with Crippen LogP contribution >= 0.6 is 0 Å². The lowest BCUT2D eigenvalue weighted by Gasteiger charge is -2.43. The molecule has 0 amide bonds. The Balaban J connectivity index is 1.94. The molecule has 0 aromatic carbocycles. The zero-order valence-corrected chi connectivity index (χ0v) is 13.1. The molecule has 0 saturated carbocycles. The zero-order chi connectivity index (χ0) is 14.1. The van der Waals surface area contributed by atoms with Crippen LogP contribution in [0.1, 0.15) is 27.2 Å². The van der Waals surface area contributed by atoms with E-state index in [9.17, 15) is 8.42 Å².